The smallest absolute Gasteiger partial charge is 0.232 e. The maximum atomic E-state index is 11.4. The Morgan fingerprint density at radius 3 is 2.69 bits per heavy atom. The summed E-state index contributed by atoms with van der Waals surface area (Å²) in [6, 6.07) is 0. The second kappa shape index (κ2) is 4.21. The molecule has 3 heteroatoms. The van der Waals surface area contributed by atoms with Crippen molar-refractivity contribution < 1.29 is 9.59 Å². The van der Waals surface area contributed by atoms with Crippen LogP contribution in [0, 0.1) is 0 Å². The van der Waals surface area contributed by atoms with Gasteiger partial charge in [0.1, 0.15) is 0 Å². The van der Waals surface area contributed by atoms with Crippen LogP contribution in [-0.2, 0) is 9.59 Å². The van der Waals surface area contributed by atoms with Gasteiger partial charge in [0.2, 0.25) is 11.8 Å². The number of hydrogen-bond donors (Lipinski definition) is 0. The third-order valence-electron chi connectivity index (χ3n) is 2.06. The van der Waals surface area contributed by atoms with E-state index in [1.54, 1.807) is 0 Å². The highest BCUT2D eigenvalue weighted by Gasteiger charge is 2.24. The van der Waals surface area contributed by atoms with E-state index >= 15 is 0 Å². The molecule has 0 saturated carbocycles. The Balaban J connectivity index is 2.48. The quantitative estimate of drug-likeness (QED) is 0.605. The summed E-state index contributed by atoms with van der Waals surface area (Å²) in [5.74, 6) is -0.0872. The van der Waals surface area contributed by atoms with Crippen LogP contribution in [0.25, 0.3) is 0 Å². The largest absolute Gasteiger partial charge is 0.282 e. The van der Waals surface area contributed by atoms with Crippen LogP contribution in [0.5, 0.6) is 0 Å². The summed E-state index contributed by atoms with van der Waals surface area (Å²) in [5.41, 5.74) is 1.11. The summed E-state index contributed by atoms with van der Waals surface area (Å²) < 4.78 is 0. The lowest BCUT2D eigenvalue weighted by Crippen LogP contribution is -2.31. The van der Waals surface area contributed by atoms with Gasteiger partial charge in [-0.2, -0.15) is 0 Å². The topological polar surface area (TPSA) is 37.4 Å². The van der Waals surface area contributed by atoms with Crippen LogP contribution < -0.4 is 0 Å². The number of amides is 2. The van der Waals surface area contributed by atoms with E-state index in [4.69, 9.17) is 0 Å². The van der Waals surface area contributed by atoms with E-state index in [0.29, 0.717) is 19.4 Å². The number of likely N-dealkylation sites (tertiary alicyclic amines) is 1. The average molecular weight is 181 g/mol. The predicted octanol–water partition coefficient (Wildman–Crippen LogP) is 1.49. The fraction of sp³-hybridized carbons (Fsp3) is 0.600. The highest BCUT2D eigenvalue weighted by atomic mass is 16.2. The maximum Gasteiger partial charge on any atom is 0.232 e. The molecule has 72 valence electrons. The van der Waals surface area contributed by atoms with Crippen LogP contribution in [0.1, 0.15) is 33.1 Å². The second-order valence-corrected chi connectivity index (χ2v) is 3.53. The van der Waals surface area contributed by atoms with Crippen molar-refractivity contribution in [3.8, 4) is 0 Å². The normalized spacial score (nSPS) is 16.2. The molecule has 0 spiro atoms. The van der Waals surface area contributed by atoms with Gasteiger partial charge in [-0.3, -0.25) is 14.5 Å². The molecule has 1 fully saturated rings. The van der Waals surface area contributed by atoms with Gasteiger partial charge in [0, 0.05) is 19.4 Å². The lowest BCUT2D eigenvalue weighted by atomic mass is 10.2. The lowest BCUT2D eigenvalue weighted by Gasteiger charge is -2.11. The standard InChI is InChI=1S/C10H15NO2/c1-8(2)5-6-10(13)11-7-3-4-9(11)12/h5H,3-4,6-7H2,1-2H3. The number of carbonyl (C=O) groups excluding carboxylic acids is 2. The molecule has 0 aromatic carbocycles. The molecule has 1 heterocycles. The molecule has 0 bridgehead atoms. The van der Waals surface area contributed by atoms with E-state index in [1.165, 1.54) is 4.90 Å². The lowest BCUT2D eigenvalue weighted by molar-refractivity contribution is -0.141. The molecule has 3 nitrogen and oxygen atoms in total. The number of nitrogens with zero attached hydrogens (tertiary/aromatic N) is 1. The van der Waals surface area contributed by atoms with Gasteiger partial charge in [-0.1, -0.05) is 11.6 Å². The zero-order valence-corrected chi connectivity index (χ0v) is 8.17. The first-order chi connectivity index (χ1) is 6.11. The minimum absolute atomic E-state index is 0.0212. The van der Waals surface area contributed by atoms with Crippen LogP contribution in [0.3, 0.4) is 0 Å². The fourth-order valence-electron chi connectivity index (χ4n) is 1.31. The number of imide groups is 1. The van der Waals surface area contributed by atoms with Crippen molar-refractivity contribution in [3.05, 3.63) is 11.6 Å². The molecule has 0 N–H and O–H groups in total. The van der Waals surface area contributed by atoms with Gasteiger partial charge in [0.15, 0.2) is 0 Å². The molecular formula is C10H15NO2. The molecule has 1 aliphatic rings. The Morgan fingerprint density at radius 2 is 2.23 bits per heavy atom. The summed E-state index contributed by atoms with van der Waals surface area (Å²) >= 11 is 0. The molecule has 1 rings (SSSR count). The molecule has 0 unspecified atom stereocenters. The zero-order chi connectivity index (χ0) is 9.84. The number of carbonyl (C=O) groups is 2. The van der Waals surface area contributed by atoms with Crippen LogP contribution in [0.15, 0.2) is 11.6 Å². The minimum atomic E-state index is -0.0660. The Morgan fingerprint density at radius 1 is 1.54 bits per heavy atom. The number of rotatable bonds is 2. The monoisotopic (exact) mass is 181 g/mol. The Labute approximate surface area is 78.4 Å². The Hall–Kier alpha value is -1.12. The van der Waals surface area contributed by atoms with Gasteiger partial charge in [-0.05, 0) is 20.3 Å². The van der Waals surface area contributed by atoms with Crippen LogP contribution in [0.4, 0.5) is 0 Å². The molecule has 13 heavy (non-hydrogen) atoms. The van der Waals surface area contributed by atoms with Crippen molar-refractivity contribution >= 4 is 11.8 Å². The van der Waals surface area contributed by atoms with Crippen LogP contribution >= 0.6 is 0 Å². The summed E-state index contributed by atoms with van der Waals surface area (Å²) in [4.78, 5) is 23.9. The van der Waals surface area contributed by atoms with Crippen molar-refractivity contribution in [2.45, 2.75) is 33.1 Å². The molecular weight excluding hydrogens is 166 g/mol. The van der Waals surface area contributed by atoms with E-state index in [9.17, 15) is 9.59 Å². The molecule has 1 aliphatic heterocycles. The summed E-state index contributed by atoms with van der Waals surface area (Å²) in [6.45, 7) is 4.49. The zero-order valence-electron chi connectivity index (χ0n) is 8.17. The molecule has 0 aromatic rings. The van der Waals surface area contributed by atoms with E-state index in [-0.39, 0.29) is 11.8 Å². The van der Waals surface area contributed by atoms with Crippen molar-refractivity contribution in [3.63, 3.8) is 0 Å². The first-order valence-electron chi connectivity index (χ1n) is 4.58. The average Bonchev–Trinajstić information content (AvgIpc) is 2.47. The summed E-state index contributed by atoms with van der Waals surface area (Å²) in [6.07, 6.45) is 3.56. The van der Waals surface area contributed by atoms with E-state index in [2.05, 4.69) is 0 Å². The van der Waals surface area contributed by atoms with Crippen molar-refractivity contribution in [1.29, 1.82) is 0 Å². The summed E-state index contributed by atoms with van der Waals surface area (Å²) in [5, 5.41) is 0. The number of hydrogen-bond acceptors (Lipinski definition) is 2. The summed E-state index contributed by atoms with van der Waals surface area (Å²) in [7, 11) is 0. The van der Waals surface area contributed by atoms with E-state index < -0.39 is 0 Å². The first kappa shape index (κ1) is 9.96. The highest BCUT2D eigenvalue weighted by molar-refractivity contribution is 5.97. The van der Waals surface area contributed by atoms with Gasteiger partial charge in [-0.25, -0.2) is 0 Å². The van der Waals surface area contributed by atoms with Gasteiger partial charge in [0.05, 0.1) is 0 Å². The van der Waals surface area contributed by atoms with Crippen LogP contribution in [0.2, 0.25) is 0 Å². The van der Waals surface area contributed by atoms with Crippen molar-refractivity contribution in [2.75, 3.05) is 6.54 Å². The SMILES string of the molecule is CC(C)=CCC(=O)N1CCCC1=O. The fourth-order valence-corrected chi connectivity index (χ4v) is 1.31. The Bertz CT molecular complexity index is 252. The molecule has 2 amide bonds. The Kier molecular flexibility index (Phi) is 3.23. The third-order valence-corrected chi connectivity index (χ3v) is 2.06. The molecule has 0 atom stereocenters. The molecule has 1 saturated heterocycles. The maximum absolute atomic E-state index is 11.4. The molecule has 0 aromatic heterocycles. The predicted molar refractivity (Wildman–Crippen MR) is 50.0 cm³/mol. The second-order valence-electron chi connectivity index (χ2n) is 3.53. The van der Waals surface area contributed by atoms with E-state index in [0.717, 1.165) is 12.0 Å². The number of allylic oxidation sites excluding steroid dienone is 1. The van der Waals surface area contributed by atoms with Gasteiger partial charge >= 0.3 is 0 Å². The first-order valence-corrected chi connectivity index (χ1v) is 4.58. The third kappa shape index (κ3) is 2.68. The molecule has 0 aliphatic carbocycles. The van der Waals surface area contributed by atoms with Crippen molar-refractivity contribution in [2.24, 2.45) is 0 Å². The highest BCUT2D eigenvalue weighted by Crippen LogP contribution is 2.11. The van der Waals surface area contributed by atoms with Crippen molar-refractivity contribution in [1.82, 2.24) is 4.90 Å². The minimum Gasteiger partial charge on any atom is -0.282 e. The van der Waals surface area contributed by atoms with Gasteiger partial charge < -0.3 is 0 Å². The van der Waals surface area contributed by atoms with Gasteiger partial charge in [-0.15, -0.1) is 0 Å². The van der Waals surface area contributed by atoms with Crippen LogP contribution in [-0.4, -0.2) is 23.3 Å². The van der Waals surface area contributed by atoms with Gasteiger partial charge in [0.25, 0.3) is 0 Å². The molecule has 0 radical (unpaired) electrons. The van der Waals surface area contributed by atoms with E-state index in [1.807, 2.05) is 19.9 Å².